The van der Waals surface area contributed by atoms with Crippen molar-refractivity contribution in [1.29, 1.82) is 0 Å². The summed E-state index contributed by atoms with van der Waals surface area (Å²) >= 11 is 0. The van der Waals surface area contributed by atoms with Crippen LogP contribution in [0, 0.1) is 20.8 Å². The molecule has 1 aromatic rings. The van der Waals surface area contributed by atoms with Gasteiger partial charge in [-0.05, 0) is 43.0 Å². The van der Waals surface area contributed by atoms with Crippen LogP contribution < -0.4 is 5.32 Å². The zero-order valence-corrected chi connectivity index (χ0v) is 10.5. The number of nitrogens with one attached hydrogen (secondary N) is 1. The third kappa shape index (κ3) is 4.06. The number of halogens is 2. The summed E-state index contributed by atoms with van der Waals surface area (Å²) in [5.74, 6) is -3.05. The molecule has 0 saturated heterocycles. The smallest absolute Gasteiger partial charge is 0.282 e. The summed E-state index contributed by atoms with van der Waals surface area (Å²) in [7, 11) is 0. The van der Waals surface area contributed by atoms with E-state index in [0.717, 1.165) is 16.7 Å². The van der Waals surface area contributed by atoms with Crippen molar-refractivity contribution >= 4 is 0 Å². The summed E-state index contributed by atoms with van der Waals surface area (Å²) in [4.78, 5) is 0. The van der Waals surface area contributed by atoms with Crippen LogP contribution in [0.25, 0.3) is 0 Å². The summed E-state index contributed by atoms with van der Waals surface area (Å²) in [5.41, 5.74) is 4.46. The van der Waals surface area contributed by atoms with Crippen LogP contribution in [0.1, 0.15) is 22.3 Å². The van der Waals surface area contributed by atoms with Crippen molar-refractivity contribution in [3.05, 3.63) is 34.4 Å². The Bertz CT molecular complexity index is 391. The molecule has 2 nitrogen and oxygen atoms in total. The Labute approximate surface area is 101 Å². The third-order valence-corrected chi connectivity index (χ3v) is 2.88. The fourth-order valence-electron chi connectivity index (χ4n) is 1.65. The minimum absolute atomic E-state index is 0.391. The molecular weight excluding hydrogens is 224 g/mol. The van der Waals surface area contributed by atoms with Crippen LogP contribution in [-0.4, -0.2) is 24.2 Å². The van der Waals surface area contributed by atoms with Gasteiger partial charge in [-0.3, -0.25) is 0 Å². The molecule has 0 unspecified atom stereocenters. The molecule has 0 saturated carbocycles. The van der Waals surface area contributed by atoms with Gasteiger partial charge in [0.15, 0.2) is 0 Å². The summed E-state index contributed by atoms with van der Waals surface area (Å²) in [5, 5.41) is 11.1. The average Bonchev–Trinajstić information content (AvgIpc) is 2.25. The number of hydrogen-bond acceptors (Lipinski definition) is 2. The van der Waals surface area contributed by atoms with Crippen LogP contribution >= 0.6 is 0 Å². The number of hydrogen-bond donors (Lipinski definition) is 2. The van der Waals surface area contributed by atoms with Crippen molar-refractivity contribution in [2.24, 2.45) is 0 Å². The molecule has 0 aliphatic rings. The van der Waals surface area contributed by atoms with Gasteiger partial charge in [0.1, 0.15) is 6.61 Å². The van der Waals surface area contributed by atoms with Gasteiger partial charge >= 0.3 is 0 Å². The molecule has 0 radical (unpaired) electrons. The first-order chi connectivity index (χ1) is 7.85. The van der Waals surface area contributed by atoms with Gasteiger partial charge in [0.25, 0.3) is 5.92 Å². The van der Waals surface area contributed by atoms with E-state index >= 15 is 0 Å². The lowest BCUT2D eigenvalue weighted by molar-refractivity contribution is -0.0477. The summed E-state index contributed by atoms with van der Waals surface area (Å²) in [6.07, 6.45) is 0. The molecule has 0 aliphatic heterocycles. The lowest BCUT2D eigenvalue weighted by atomic mass is 10.0. The van der Waals surface area contributed by atoms with Crippen molar-refractivity contribution in [3.63, 3.8) is 0 Å². The standard InChI is InChI=1S/C13H19F2NO/c1-9-4-11(3)12(5-10(9)2)6-16-7-13(14,15)8-17/h4-5,16-17H,6-8H2,1-3H3. The summed E-state index contributed by atoms with van der Waals surface area (Å²) in [6, 6.07) is 4.06. The maximum Gasteiger partial charge on any atom is 0.282 e. The minimum atomic E-state index is -3.05. The number of alkyl halides is 2. The molecule has 1 rings (SSSR count). The van der Waals surface area contributed by atoms with Crippen molar-refractivity contribution in [2.75, 3.05) is 13.2 Å². The van der Waals surface area contributed by atoms with Crippen molar-refractivity contribution in [1.82, 2.24) is 5.32 Å². The van der Waals surface area contributed by atoms with E-state index in [0.29, 0.717) is 6.54 Å². The molecule has 0 heterocycles. The van der Waals surface area contributed by atoms with Gasteiger partial charge in [-0.15, -0.1) is 0 Å². The highest BCUT2D eigenvalue weighted by Gasteiger charge is 2.26. The van der Waals surface area contributed by atoms with Crippen LogP contribution in [0.2, 0.25) is 0 Å². The number of aliphatic hydroxyl groups is 1. The first-order valence-corrected chi connectivity index (χ1v) is 5.62. The SMILES string of the molecule is Cc1cc(C)c(CNCC(F)(F)CO)cc1C. The predicted molar refractivity (Wildman–Crippen MR) is 64.4 cm³/mol. The molecule has 96 valence electrons. The number of rotatable bonds is 5. The van der Waals surface area contributed by atoms with Gasteiger partial charge in [0.2, 0.25) is 0 Å². The Morgan fingerprint density at radius 1 is 1.12 bits per heavy atom. The maximum atomic E-state index is 12.8. The molecule has 0 aliphatic carbocycles. The third-order valence-electron chi connectivity index (χ3n) is 2.88. The second-order valence-electron chi connectivity index (χ2n) is 4.48. The van der Waals surface area contributed by atoms with Crippen LogP contribution in [0.4, 0.5) is 8.78 Å². The summed E-state index contributed by atoms with van der Waals surface area (Å²) in [6.45, 7) is 4.76. The average molecular weight is 243 g/mol. The van der Waals surface area contributed by atoms with Crippen LogP contribution in [-0.2, 0) is 6.54 Å². The number of benzene rings is 1. The molecular formula is C13H19F2NO. The fourth-order valence-corrected chi connectivity index (χ4v) is 1.65. The van der Waals surface area contributed by atoms with Gasteiger partial charge in [0, 0.05) is 6.54 Å². The molecule has 4 heteroatoms. The highest BCUT2D eigenvalue weighted by Crippen LogP contribution is 2.16. The molecule has 2 N–H and O–H groups in total. The zero-order valence-electron chi connectivity index (χ0n) is 10.5. The van der Waals surface area contributed by atoms with Crippen LogP contribution in [0.5, 0.6) is 0 Å². The molecule has 17 heavy (non-hydrogen) atoms. The van der Waals surface area contributed by atoms with E-state index in [1.807, 2.05) is 26.8 Å². The zero-order chi connectivity index (χ0) is 13.1. The molecule has 0 amide bonds. The van der Waals surface area contributed by atoms with Gasteiger partial charge < -0.3 is 10.4 Å². The molecule has 0 aromatic heterocycles. The Kier molecular flexibility index (Phi) is 4.60. The van der Waals surface area contributed by atoms with Crippen LogP contribution in [0.3, 0.4) is 0 Å². The second kappa shape index (κ2) is 5.56. The van der Waals surface area contributed by atoms with Gasteiger partial charge in [-0.1, -0.05) is 12.1 Å². The number of aliphatic hydroxyl groups excluding tert-OH is 1. The minimum Gasteiger partial charge on any atom is -0.390 e. The Morgan fingerprint density at radius 2 is 1.71 bits per heavy atom. The Balaban J connectivity index is 2.61. The van der Waals surface area contributed by atoms with E-state index in [4.69, 9.17) is 5.11 Å². The van der Waals surface area contributed by atoms with E-state index in [2.05, 4.69) is 11.4 Å². The molecule has 0 atom stereocenters. The Morgan fingerprint density at radius 3 is 2.29 bits per heavy atom. The molecule has 0 bridgehead atoms. The van der Waals surface area contributed by atoms with E-state index in [1.54, 1.807) is 0 Å². The van der Waals surface area contributed by atoms with Crippen LogP contribution in [0.15, 0.2) is 12.1 Å². The molecule has 0 spiro atoms. The quantitative estimate of drug-likeness (QED) is 0.832. The Hall–Kier alpha value is -1.00. The normalized spacial score (nSPS) is 11.9. The highest BCUT2D eigenvalue weighted by molar-refractivity contribution is 5.36. The van der Waals surface area contributed by atoms with E-state index in [-0.39, 0.29) is 0 Å². The second-order valence-corrected chi connectivity index (χ2v) is 4.48. The fraction of sp³-hybridized carbons (Fsp3) is 0.538. The first kappa shape index (κ1) is 14.1. The van der Waals surface area contributed by atoms with Crippen molar-refractivity contribution in [3.8, 4) is 0 Å². The lowest BCUT2D eigenvalue weighted by Gasteiger charge is -2.15. The maximum absolute atomic E-state index is 12.8. The highest BCUT2D eigenvalue weighted by atomic mass is 19.3. The molecule has 0 fully saturated rings. The lowest BCUT2D eigenvalue weighted by Crippen LogP contribution is -2.35. The van der Waals surface area contributed by atoms with Crippen molar-refractivity contribution < 1.29 is 13.9 Å². The van der Waals surface area contributed by atoms with Gasteiger partial charge in [-0.2, -0.15) is 0 Å². The van der Waals surface area contributed by atoms with Gasteiger partial charge in [0.05, 0.1) is 6.54 Å². The summed E-state index contributed by atoms with van der Waals surface area (Å²) < 4.78 is 25.6. The molecule has 1 aromatic carbocycles. The number of aryl methyl sites for hydroxylation is 3. The van der Waals surface area contributed by atoms with Gasteiger partial charge in [-0.25, -0.2) is 8.78 Å². The first-order valence-electron chi connectivity index (χ1n) is 5.62. The predicted octanol–water partition coefficient (Wildman–Crippen LogP) is 2.33. The van der Waals surface area contributed by atoms with E-state index in [9.17, 15) is 8.78 Å². The van der Waals surface area contributed by atoms with E-state index < -0.39 is 19.1 Å². The van der Waals surface area contributed by atoms with Crippen molar-refractivity contribution in [2.45, 2.75) is 33.2 Å². The topological polar surface area (TPSA) is 32.3 Å². The van der Waals surface area contributed by atoms with E-state index in [1.165, 1.54) is 5.56 Å². The largest absolute Gasteiger partial charge is 0.390 e. The monoisotopic (exact) mass is 243 g/mol.